The number of benzene rings is 2. The van der Waals surface area contributed by atoms with Crippen molar-refractivity contribution in [2.45, 2.75) is 25.4 Å². The molecule has 2 aromatic carbocycles. The van der Waals surface area contributed by atoms with Gasteiger partial charge < -0.3 is 11.1 Å². The molecule has 0 aliphatic carbocycles. The van der Waals surface area contributed by atoms with Crippen LogP contribution in [0.1, 0.15) is 34.8 Å². The van der Waals surface area contributed by atoms with Gasteiger partial charge in [0.25, 0.3) is 5.91 Å². The number of urea groups is 1. The Hall–Kier alpha value is -3.15. The number of imide groups is 1. The van der Waals surface area contributed by atoms with Crippen molar-refractivity contribution >= 4 is 17.8 Å². The van der Waals surface area contributed by atoms with Crippen molar-refractivity contribution in [1.29, 1.82) is 0 Å². The van der Waals surface area contributed by atoms with Gasteiger partial charge in [-0.1, -0.05) is 49.4 Å². The summed E-state index contributed by atoms with van der Waals surface area (Å²) in [5.74, 6) is -0.791. The van der Waals surface area contributed by atoms with E-state index in [9.17, 15) is 14.4 Å². The maximum atomic E-state index is 13.0. The summed E-state index contributed by atoms with van der Waals surface area (Å²) in [6.07, 6.45) is 0.457. The lowest BCUT2D eigenvalue weighted by Gasteiger charge is -2.25. The minimum atomic E-state index is -1.04. The first-order valence-electron chi connectivity index (χ1n) is 8.06. The number of primary amides is 1. The molecule has 1 unspecified atom stereocenters. The molecule has 0 radical (unpaired) electrons. The normalized spacial score (nSPS) is 19.8. The first kappa shape index (κ1) is 16.7. The van der Waals surface area contributed by atoms with Crippen LogP contribution in [0.3, 0.4) is 0 Å². The number of nitrogens with two attached hydrogens (primary N) is 1. The van der Waals surface area contributed by atoms with Crippen molar-refractivity contribution in [3.05, 3.63) is 71.3 Å². The van der Waals surface area contributed by atoms with Gasteiger partial charge in [0.05, 0.1) is 6.54 Å². The van der Waals surface area contributed by atoms with Gasteiger partial charge in [0.2, 0.25) is 5.91 Å². The maximum Gasteiger partial charge on any atom is 0.325 e. The molecule has 3 rings (SSSR count). The fourth-order valence-electron chi connectivity index (χ4n) is 3.09. The number of hydrogen-bond acceptors (Lipinski definition) is 3. The summed E-state index contributed by atoms with van der Waals surface area (Å²) >= 11 is 0. The molecule has 0 aromatic heterocycles. The topological polar surface area (TPSA) is 92.5 Å². The fourth-order valence-corrected chi connectivity index (χ4v) is 3.09. The molecule has 6 nitrogen and oxygen atoms in total. The number of amides is 4. The fraction of sp³-hybridized carbons (Fsp3) is 0.211. The van der Waals surface area contributed by atoms with Crippen molar-refractivity contribution < 1.29 is 14.4 Å². The summed E-state index contributed by atoms with van der Waals surface area (Å²) in [6.45, 7) is 2.01. The van der Waals surface area contributed by atoms with E-state index in [0.29, 0.717) is 12.0 Å². The summed E-state index contributed by atoms with van der Waals surface area (Å²) in [7, 11) is 0. The van der Waals surface area contributed by atoms with Gasteiger partial charge in [-0.15, -0.1) is 0 Å². The van der Waals surface area contributed by atoms with Gasteiger partial charge in [0.1, 0.15) is 5.54 Å². The SMILES string of the molecule is CCC1(c2ccccc2)NC(=O)N(Cc2ccc(C(N)=O)cc2)C1=O. The zero-order valence-corrected chi connectivity index (χ0v) is 13.9. The number of nitrogens with one attached hydrogen (secondary N) is 1. The van der Waals surface area contributed by atoms with Gasteiger partial charge in [-0.2, -0.15) is 0 Å². The first-order chi connectivity index (χ1) is 12.0. The van der Waals surface area contributed by atoms with Crippen LogP contribution < -0.4 is 11.1 Å². The predicted molar refractivity (Wildman–Crippen MR) is 92.5 cm³/mol. The van der Waals surface area contributed by atoms with Crippen molar-refractivity contribution in [1.82, 2.24) is 10.2 Å². The lowest BCUT2D eigenvalue weighted by molar-refractivity contribution is -0.132. The van der Waals surface area contributed by atoms with Gasteiger partial charge in [-0.25, -0.2) is 4.79 Å². The molecule has 0 saturated carbocycles. The molecule has 4 amide bonds. The molecule has 1 aliphatic heterocycles. The molecule has 0 spiro atoms. The highest BCUT2D eigenvalue weighted by molar-refractivity contribution is 6.07. The van der Waals surface area contributed by atoms with Gasteiger partial charge in [0.15, 0.2) is 0 Å². The third-order valence-electron chi connectivity index (χ3n) is 4.55. The van der Waals surface area contributed by atoms with E-state index in [1.165, 1.54) is 4.90 Å². The van der Waals surface area contributed by atoms with Crippen molar-refractivity contribution in [2.24, 2.45) is 5.73 Å². The molecule has 25 heavy (non-hydrogen) atoms. The van der Waals surface area contributed by atoms with Crippen LogP contribution in [0.15, 0.2) is 54.6 Å². The van der Waals surface area contributed by atoms with Crippen LogP contribution in [0.5, 0.6) is 0 Å². The average molecular weight is 337 g/mol. The van der Waals surface area contributed by atoms with E-state index in [1.54, 1.807) is 24.3 Å². The number of nitrogens with zero attached hydrogens (tertiary/aromatic N) is 1. The number of hydrogen-bond donors (Lipinski definition) is 2. The van der Waals surface area contributed by atoms with E-state index in [4.69, 9.17) is 5.73 Å². The molecule has 2 aromatic rings. The second kappa shape index (κ2) is 6.39. The predicted octanol–water partition coefficient (Wildman–Crippen LogP) is 2.14. The zero-order valence-electron chi connectivity index (χ0n) is 13.9. The monoisotopic (exact) mass is 337 g/mol. The Bertz CT molecular complexity index is 818. The van der Waals surface area contributed by atoms with E-state index >= 15 is 0 Å². The van der Waals surface area contributed by atoms with Crippen molar-refractivity contribution in [2.75, 3.05) is 0 Å². The van der Waals surface area contributed by atoms with Crippen LogP contribution in [0.25, 0.3) is 0 Å². The molecular weight excluding hydrogens is 318 g/mol. The van der Waals surface area contributed by atoms with E-state index in [-0.39, 0.29) is 12.5 Å². The third-order valence-corrected chi connectivity index (χ3v) is 4.55. The second-order valence-electron chi connectivity index (χ2n) is 6.01. The summed E-state index contributed by atoms with van der Waals surface area (Å²) in [4.78, 5) is 37.8. The first-order valence-corrected chi connectivity index (χ1v) is 8.06. The molecule has 128 valence electrons. The molecule has 1 heterocycles. The van der Waals surface area contributed by atoms with Crippen LogP contribution in [-0.2, 0) is 16.9 Å². The Labute approximate surface area is 145 Å². The molecule has 3 N–H and O–H groups in total. The highest BCUT2D eigenvalue weighted by Crippen LogP contribution is 2.33. The lowest BCUT2D eigenvalue weighted by atomic mass is 9.87. The molecule has 6 heteroatoms. The number of rotatable bonds is 5. The Balaban J connectivity index is 1.87. The van der Waals surface area contributed by atoms with E-state index in [2.05, 4.69) is 5.32 Å². The Morgan fingerprint density at radius 2 is 1.72 bits per heavy atom. The Kier molecular flexibility index (Phi) is 4.27. The molecule has 1 atom stereocenters. The van der Waals surface area contributed by atoms with Crippen LogP contribution in [-0.4, -0.2) is 22.7 Å². The number of carbonyl (C=O) groups is 3. The van der Waals surface area contributed by atoms with Crippen LogP contribution in [0.2, 0.25) is 0 Å². The smallest absolute Gasteiger partial charge is 0.325 e. The molecule has 1 fully saturated rings. The van der Waals surface area contributed by atoms with E-state index in [0.717, 1.165) is 11.1 Å². The van der Waals surface area contributed by atoms with Gasteiger partial charge >= 0.3 is 6.03 Å². The van der Waals surface area contributed by atoms with Gasteiger partial charge in [0, 0.05) is 5.56 Å². The lowest BCUT2D eigenvalue weighted by Crippen LogP contribution is -2.43. The Morgan fingerprint density at radius 1 is 1.08 bits per heavy atom. The van der Waals surface area contributed by atoms with E-state index in [1.807, 2.05) is 37.3 Å². The minimum Gasteiger partial charge on any atom is -0.366 e. The summed E-state index contributed by atoms with van der Waals surface area (Å²) < 4.78 is 0. The molecule has 0 bridgehead atoms. The second-order valence-corrected chi connectivity index (χ2v) is 6.01. The zero-order chi connectivity index (χ0) is 18.0. The maximum absolute atomic E-state index is 13.0. The highest BCUT2D eigenvalue weighted by atomic mass is 16.2. The summed E-state index contributed by atoms with van der Waals surface area (Å²) in [5.41, 5.74) is 6.08. The summed E-state index contributed by atoms with van der Waals surface area (Å²) in [6, 6.07) is 15.4. The van der Waals surface area contributed by atoms with Crippen molar-refractivity contribution in [3.63, 3.8) is 0 Å². The standard InChI is InChI=1S/C19H19N3O3/c1-2-19(15-6-4-3-5-7-15)17(24)22(18(25)21-19)12-13-8-10-14(11-9-13)16(20)23/h3-11H,2,12H2,1H3,(H2,20,23)(H,21,25). The minimum absolute atomic E-state index is 0.137. The van der Waals surface area contributed by atoms with Crippen LogP contribution >= 0.6 is 0 Å². The highest BCUT2D eigenvalue weighted by Gasteiger charge is 2.50. The molecule has 1 saturated heterocycles. The van der Waals surface area contributed by atoms with E-state index < -0.39 is 17.5 Å². The quantitative estimate of drug-likeness (QED) is 0.819. The van der Waals surface area contributed by atoms with Crippen molar-refractivity contribution in [3.8, 4) is 0 Å². The molecule has 1 aliphatic rings. The number of carbonyl (C=O) groups excluding carboxylic acids is 3. The molecular formula is C19H19N3O3. The Morgan fingerprint density at radius 3 is 2.28 bits per heavy atom. The van der Waals surface area contributed by atoms with Gasteiger partial charge in [-0.05, 0) is 29.7 Å². The van der Waals surface area contributed by atoms with Crippen LogP contribution in [0, 0.1) is 0 Å². The third kappa shape index (κ3) is 2.87. The average Bonchev–Trinajstić information content (AvgIpc) is 2.88. The van der Waals surface area contributed by atoms with Gasteiger partial charge in [-0.3, -0.25) is 14.5 Å². The van der Waals surface area contributed by atoms with Crippen LogP contribution in [0.4, 0.5) is 4.79 Å². The summed E-state index contributed by atoms with van der Waals surface area (Å²) in [5, 5.41) is 2.85. The largest absolute Gasteiger partial charge is 0.366 e.